The van der Waals surface area contributed by atoms with E-state index in [0.717, 1.165) is 16.9 Å². The normalized spacial score (nSPS) is 11.0. The van der Waals surface area contributed by atoms with E-state index in [-0.39, 0.29) is 5.91 Å². The highest BCUT2D eigenvalue weighted by Gasteiger charge is 2.06. The van der Waals surface area contributed by atoms with Crippen LogP contribution >= 0.6 is 0 Å². The summed E-state index contributed by atoms with van der Waals surface area (Å²) in [6.45, 7) is 6.81. The van der Waals surface area contributed by atoms with E-state index in [0.29, 0.717) is 18.1 Å². The van der Waals surface area contributed by atoms with E-state index in [4.69, 9.17) is 4.74 Å². The second-order valence-electron chi connectivity index (χ2n) is 5.79. The summed E-state index contributed by atoms with van der Waals surface area (Å²) >= 11 is 0. The van der Waals surface area contributed by atoms with Crippen molar-refractivity contribution in [2.75, 3.05) is 6.61 Å². The lowest BCUT2D eigenvalue weighted by atomic mass is 10.1. The molecule has 23 heavy (non-hydrogen) atoms. The third-order valence-corrected chi connectivity index (χ3v) is 3.23. The third kappa shape index (κ3) is 5.25. The van der Waals surface area contributed by atoms with E-state index in [1.807, 2.05) is 49.4 Å². The van der Waals surface area contributed by atoms with Gasteiger partial charge in [0, 0.05) is 5.56 Å². The first-order valence-electron chi connectivity index (χ1n) is 7.68. The lowest BCUT2D eigenvalue weighted by Gasteiger charge is -2.08. The molecule has 0 fully saturated rings. The summed E-state index contributed by atoms with van der Waals surface area (Å²) in [5, 5.41) is 4.00. The van der Waals surface area contributed by atoms with Gasteiger partial charge in [-0.15, -0.1) is 0 Å². The van der Waals surface area contributed by atoms with Crippen LogP contribution in [-0.4, -0.2) is 18.7 Å². The van der Waals surface area contributed by atoms with E-state index >= 15 is 0 Å². The van der Waals surface area contributed by atoms with E-state index in [9.17, 15) is 4.79 Å². The molecule has 0 aliphatic rings. The lowest BCUT2D eigenvalue weighted by molar-refractivity contribution is 0.0954. The predicted molar refractivity (Wildman–Crippen MR) is 93.0 cm³/mol. The highest BCUT2D eigenvalue weighted by Crippen LogP contribution is 2.12. The molecule has 4 heteroatoms. The number of amides is 1. The van der Waals surface area contributed by atoms with E-state index in [1.165, 1.54) is 0 Å². The zero-order valence-corrected chi connectivity index (χ0v) is 13.7. The topological polar surface area (TPSA) is 50.7 Å². The van der Waals surface area contributed by atoms with Crippen LogP contribution in [0.1, 0.15) is 35.3 Å². The summed E-state index contributed by atoms with van der Waals surface area (Å²) < 4.78 is 5.62. The first kappa shape index (κ1) is 16.7. The maximum absolute atomic E-state index is 12.0. The zero-order valence-electron chi connectivity index (χ0n) is 13.7. The Hall–Kier alpha value is -2.62. The quantitative estimate of drug-likeness (QED) is 0.652. The van der Waals surface area contributed by atoms with Crippen molar-refractivity contribution in [1.29, 1.82) is 0 Å². The maximum Gasteiger partial charge on any atom is 0.271 e. The molecule has 0 unspecified atom stereocenters. The van der Waals surface area contributed by atoms with Gasteiger partial charge in [-0.1, -0.05) is 32.0 Å². The van der Waals surface area contributed by atoms with Crippen LogP contribution in [0.4, 0.5) is 0 Å². The molecular weight excluding hydrogens is 288 g/mol. The average Bonchev–Trinajstić information content (AvgIpc) is 2.54. The summed E-state index contributed by atoms with van der Waals surface area (Å²) in [5.74, 6) is 1.11. The number of hydrazone groups is 1. The summed E-state index contributed by atoms with van der Waals surface area (Å²) in [6.07, 6.45) is 1.61. The number of aryl methyl sites for hydroxylation is 1. The van der Waals surface area contributed by atoms with E-state index in [2.05, 4.69) is 24.4 Å². The number of rotatable bonds is 6. The van der Waals surface area contributed by atoms with Crippen LogP contribution in [0.25, 0.3) is 0 Å². The smallest absolute Gasteiger partial charge is 0.271 e. The van der Waals surface area contributed by atoms with Crippen molar-refractivity contribution in [1.82, 2.24) is 5.43 Å². The standard InChI is InChI=1S/C19H22N2O2/c1-14(2)13-23-17-10-8-16(9-11-17)12-20-21-19(22)18-7-5-4-6-15(18)3/h4-12,14H,13H2,1-3H3,(H,21,22)/b20-12-. The van der Waals surface area contributed by atoms with Crippen molar-refractivity contribution in [2.24, 2.45) is 11.0 Å². The van der Waals surface area contributed by atoms with Gasteiger partial charge in [-0.2, -0.15) is 5.10 Å². The van der Waals surface area contributed by atoms with Gasteiger partial charge in [-0.05, 0) is 54.3 Å². The molecule has 0 heterocycles. The monoisotopic (exact) mass is 310 g/mol. The molecule has 2 aromatic carbocycles. The number of hydrogen-bond acceptors (Lipinski definition) is 3. The fourth-order valence-corrected chi connectivity index (χ4v) is 1.97. The van der Waals surface area contributed by atoms with E-state index in [1.54, 1.807) is 12.3 Å². The van der Waals surface area contributed by atoms with Crippen molar-refractivity contribution >= 4 is 12.1 Å². The lowest BCUT2D eigenvalue weighted by Crippen LogP contribution is -2.18. The Bertz CT molecular complexity index is 676. The Morgan fingerprint density at radius 2 is 1.87 bits per heavy atom. The summed E-state index contributed by atoms with van der Waals surface area (Å²) in [4.78, 5) is 12.0. The molecule has 0 spiro atoms. The summed E-state index contributed by atoms with van der Waals surface area (Å²) in [6, 6.07) is 15.0. The molecular formula is C19H22N2O2. The summed E-state index contributed by atoms with van der Waals surface area (Å²) in [5.41, 5.74) is 4.99. The molecule has 0 atom stereocenters. The van der Waals surface area contributed by atoms with Gasteiger partial charge in [0.25, 0.3) is 5.91 Å². The Kier molecular flexibility index (Phi) is 5.92. The number of hydrogen-bond donors (Lipinski definition) is 1. The number of carbonyl (C=O) groups excluding carboxylic acids is 1. The molecule has 2 aromatic rings. The van der Waals surface area contributed by atoms with Gasteiger partial charge in [-0.25, -0.2) is 5.43 Å². The largest absolute Gasteiger partial charge is 0.493 e. The second kappa shape index (κ2) is 8.13. The van der Waals surface area contributed by atoms with Crippen LogP contribution in [-0.2, 0) is 0 Å². The number of ether oxygens (including phenoxy) is 1. The van der Waals surface area contributed by atoms with Crippen molar-refractivity contribution in [2.45, 2.75) is 20.8 Å². The van der Waals surface area contributed by atoms with Gasteiger partial charge in [0.15, 0.2) is 0 Å². The fraction of sp³-hybridized carbons (Fsp3) is 0.263. The Morgan fingerprint density at radius 1 is 1.17 bits per heavy atom. The number of benzene rings is 2. The minimum absolute atomic E-state index is 0.212. The Labute approximate surface area is 137 Å². The first-order chi connectivity index (χ1) is 11.1. The third-order valence-electron chi connectivity index (χ3n) is 3.23. The molecule has 120 valence electrons. The van der Waals surface area contributed by atoms with E-state index < -0.39 is 0 Å². The van der Waals surface area contributed by atoms with Gasteiger partial charge in [-0.3, -0.25) is 4.79 Å². The minimum atomic E-state index is -0.212. The SMILES string of the molecule is Cc1ccccc1C(=O)N/N=C\c1ccc(OCC(C)C)cc1. The zero-order chi connectivity index (χ0) is 16.7. The molecule has 0 aliphatic heterocycles. The Balaban J connectivity index is 1.90. The van der Waals surface area contributed by atoms with Gasteiger partial charge < -0.3 is 4.74 Å². The van der Waals surface area contributed by atoms with Crippen LogP contribution < -0.4 is 10.2 Å². The molecule has 2 rings (SSSR count). The molecule has 0 aliphatic carbocycles. The molecule has 1 N–H and O–H groups in total. The van der Waals surface area contributed by atoms with Gasteiger partial charge in [0.1, 0.15) is 5.75 Å². The fourth-order valence-electron chi connectivity index (χ4n) is 1.97. The predicted octanol–water partition coefficient (Wildman–Crippen LogP) is 3.79. The molecule has 0 bridgehead atoms. The molecule has 4 nitrogen and oxygen atoms in total. The Morgan fingerprint density at radius 3 is 2.52 bits per heavy atom. The van der Waals surface area contributed by atoms with Crippen LogP contribution in [0.3, 0.4) is 0 Å². The van der Waals surface area contributed by atoms with Crippen molar-refractivity contribution in [3.63, 3.8) is 0 Å². The van der Waals surface area contributed by atoms with Crippen molar-refractivity contribution < 1.29 is 9.53 Å². The van der Waals surface area contributed by atoms with Gasteiger partial charge >= 0.3 is 0 Å². The number of carbonyl (C=O) groups is 1. The molecule has 0 aromatic heterocycles. The second-order valence-corrected chi connectivity index (χ2v) is 5.79. The van der Waals surface area contributed by atoms with Crippen LogP contribution in [0, 0.1) is 12.8 Å². The van der Waals surface area contributed by atoms with Gasteiger partial charge in [0.05, 0.1) is 12.8 Å². The van der Waals surface area contributed by atoms with Crippen LogP contribution in [0.2, 0.25) is 0 Å². The highest BCUT2D eigenvalue weighted by atomic mass is 16.5. The molecule has 0 radical (unpaired) electrons. The molecule has 0 saturated carbocycles. The molecule has 0 saturated heterocycles. The average molecular weight is 310 g/mol. The summed E-state index contributed by atoms with van der Waals surface area (Å²) in [7, 11) is 0. The number of nitrogens with zero attached hydrogens (tertiary/aromatic N) is 1. The maximum atomic E-state index is 12.0. The van der Waals surface area contributed by atoms with Crippen molar-refractivity contribution in [3.8, 4) is 5.75 Å². The molecule has 1 amide bonds. The first-order valence-corrected chi connectivity index (χ1v) is 7.68. The van der Waals surface area contributed by atoms with Crippen LogP contribution in [0.15, 0.2) is 53.6 Å². The highest BCUT2D eigenvalue weighted by molar-refractivity contribution is 5.96. The van der Waals surface area contributed by atoms with Crippen molar-refractivity contribution in [3.05, 3.63) is 65.2 Å². The minimum Gasteiger partial charge on any atom is -0.493 e. The van der Waals surface area contributed by atoms with Gasteiger partial charge in [0.2, 0.25) is 0 Å². The van der Waals surface area contributed by atoms with Crippen LogP contribution in [0.5, 0.6) is 5.75 Å². The number of nitrogens with one attached hydrogen (secondary N) is 1.